The minimum atomic E-state index is -0.289. The van der Waals surface area contributed by atoms with Gasteiger partial charge in [-0.15, -0.1) is 0 Å². The van der Waals surface area contributed by atoms with Crippen LogP contribution in [0.2, 0.25) is 0 Å². The van der Waals surface area contributed by atoms with E-state index in [-0.39, 0.29) is 30.2 Å². The van der Waals surface area contributed by atoms with Crippen LogP contribution in [0, 0.1) is 0 Å². The van der Waals surface area contributed by atoms with Crippen LogP contribution in [-0.2, 0) is 11.3 Å². The molecule has 2 aromatic heterocycles. The first-order valence-corrected chi connectivity index (χ1v) is 7.62. The van der Waals surface area contributed by atoms with Crippen LogP contribution < -0.4 is 0 Å². The van der Waals surface area contributed by atoms with Gasteiger partial charge in [0.25, 0.3) is 5.91 Å². The third kappa shape index (κ3) is 3.77. The summed E-state index contributed by atoms with van der Waals surface area (Å²) in [7, 11) is 1.61. The van der Waals surface area contributed by atoms with E-state index in [0.717, 1.165) is 18.4 Å². The van der Waals surface area contributed by atoms with Crippen molar-refractivity contribution in [1.82, 2.24) is 14.8 Å². The third-order valence-electron chi connectivity index (χ3n) is 3.86. The standard InChI is InChI=1S/C17H19N3O3/c1-19(17(22)15-3-2-10-23-15)12-16(21)20(14-4-5-14)11-13-6-8-18-9-7-13/h2-3,6-10,14H,4-5,11-12H2,1H3. The number of carbonyl (C=O) groups excluding carboxylic acids is 2. The number of carbonyl (C=O) groups is 2. The number of furan rings is 1. The van der Waals surface area contributed by atoms with Gasteiger partial charge in [-0.2, -0.15) is 0 Å². The predicted octanol–water partition coefficient (Wildman–Crippen LogP) is 1.94. The summed E-state index contributed by atoms with van der Waals surface area (Å²) in [6.07, 6.45) is 6.93. The van der Waals surface area contributed by atoms with E-state index in [4.69, 9.17) is 4.42 Å². The van der Waals surface area contributed by atoms with Gasteiger partial charge < -0.3 is 14.2 Å². The molecule has 120 valence electrons. The lowest BCUT2D eigenvalue weighted by Crippen LogP contribution is -2.41. The molecular weight excluding hydrogens is 294 g/mol. The van der Waals surface area contributed by atoms with Gasteiger partial charge in [0.05, 0.1) is 12.8 Å². The minimum Gasteiger partial charge on any atom is -0.459 e. The summed E-state index contributed by atoms with van der Waals surface area (Å²) >= 11 is 0. The van der Waals surface area contributed by atoms with Gasteiger partial charge in [0.1, 0.15) is 0 Å². The molecule has 1 saturated carbocycles. The van der Waals surface area contributed by atoms with Gasteiger partial charge in [-0.25, -0.2) is 0 Å². The molecule has 6 nitrogen and oxygen atoms in total. The highest BCUT2D eigenvalue weighted by molar-refractivity contribution is 5.94. The molecule has 0 N–H and O–H groups in total. The highest BCUT2D eigenvalue weighted by Crippen LogP contribution is 2.28. The van der Waals surface area contributed by atoms with Crippen molar-refractivity contribution in [2.45, 2.75) is 25.4 Å². The van der Waals surface area contributed by atoms with Crippen molar-refractivity contribution in [2.24, 2.45) is 0 Å². The normalized spacial score (nSPS) is 13.6. The Morgan fingerprint density at radius 2 is 2.00 bits per heavy atom. The van der Waals surface area contributed by atoms with E-state index in [2.05, 4.69) is 4.98 Å². The average Bonchev–Trinajstić information content (AvgIpc) is 3.25. The Balaban J connectivity index is 1.63. The van der Waals surface area contributed by atoms with Gasteiger partial charge >= 0.3 is 0 Å². The zero-order valence-electron chi connectivity index (χ0n) is 13.0. The smallest absolute Gasteiger partial charge is 0.289 e. The Hall–Kier alpha value is -2.63. The summed E-state index contributed by atoms with van der Waals surface area (Å²) in [5.74, 6) is -0.0952. The summed E-state index contributed by atoms with van der Waals surface area (Å²) in [5.41, 5.74) is 1.04. The molecule has 0 bridgehead atoms. The second-order valence-corrected chi connectivity index (χ2v) is 5.75. The van der Waals surface area contributed by atoms with Crippen molar-refractivity contribution in [3.05, 3.63) is 54.2 Å². The molecule has 6 heteroatoms. The van der Waals surface area contributed by atoms with Gasteiger partial charge in [0.2, 0.25) is 5.91 Å². The zero-order chi connectivity index (χ0) is 16.2. The van der Waals surface area contributed by atoms with Crippen molar-refractivity contribution in [3.8, 4) is 0 Å². The van der Waals surface area contributed by atoms with Crippen LogP contribution in [0.15, 0.2) is 47.3 Å². The molecule has 0 saturated heterocycles. The summed E-state index contributed by atoms with van der Waals surface area (Å²) in [5, 5.41) is 0. The first kappa shape index (κ1) is 15.3. The van der Waals surface area contributed by atoms with Crippen molar-refractivity contribution in [1.29, 1.82) is 0 Å². The summed E-state index contributed by atoms with van der Waals surface area (Å²) in [6.45, 7) is 0.593. The fourth-order valence-electron chi connectivity index (χ4n) is 2.45. The van der Waals surface area contributed by atoms with Gasteiger partial charge in [0, 0.05) is 32.0 Å². The lowest BCUT2D eigenvalue weighted by Gasteiger charge is -2.25. The molecule has 3 rings (SSSR count). The topological polar surface area (TPSA) is 66.7 Å². The fraction of sp³-hybridized carbons (Fsp3) is 0.353. The Labute approximate surface area is 134 Å². The van der Waals surface area contributed by atoms with Crippen LogP contribution in [0.1, 0.15) is 29.0 Å². The molecule has 0 spiro atoms. The first-order valence-electron chi connectivity index (χ1n) is 7.62. The highest BCUT2D eigenvalue weighted by atomic mass is 16.3. The van der Waals surface area contributed by atoms with Crippen LogP contribution in [0.4, 0.5) is 0 Å². The first-order chi connectivity index (χ1) is 11.1. The fourth-order valence-corrected chi connectivity index (χ4v) is 2.45. The minimum absolute atomic E-state index is 0.0428. The molecule has 0 aliphatic heterocycles. The molecule has 2 aromatic rings. The molecule has 23 heavy (non-hydrogen) atoms. The molecule has 0 atom stereocenters. The predicted molar refractivity (Wildman–Crippen MR) is 83.5 cm³/mol. The number of rotatable bonds is 6. The summed E-state index contributed by atoms with van der Waals surface area (Å²) in [4.78, 5) is 32.0. The third-order valence-corrected chi connectivity index (χ3v) is 3.86. The molecule has 0 radical (unpaired) electrons. The van der Waals surface area contributed by atoms with Crippen LogP contribution >= 0.6 is 0 Å². The number of amides is 2. The number of hydrogen-bond acceptors (Lipinski definition) is 4. The SMILES string of the molecule is CN(CC(=O)N(Cc1ccncc1)C1CC1)C(=O)c1ccco1. The number of aromatic nitrogens is 1. The molecule has 2 amide bonds. The number of likely N-dealkylation sites (N-methyl/N-ethyl adjacent to an activating group) is 1. The molecule has 1 aliphatic rings. The van der Waals surface area contributed by atoms with Crippen molar-refractivity contribution in [2.75, 3.05) is 13.6 Å². The molecule has 1 aliphatic carbocycles. The summed E-state index contributed by atoms with van der Waals surface area (Å²) in [6, 6.07) is 7.34. The molecule has 0 unspecified atom stereocenters. The number of hydrogen-bond donors (Lipinski definition) is 0. The van der Waals surface area contributed by atoms with Crippen LogP contribution in [-0.4, -0.2) is 46.2 Å². The maximum Gasteiger partial charge on any atom is 0.289 e. The molecule has 2 heterocycles. The Kier molecular flexibility index (Phi) is 4.41. The maximum atomic E-state index is 12.6. The van der Waals surface area contributed by atoms with Crippen LogP contribution in [0.25, 0.3) is 0 Å². The second-order valence-electron chi connectivity index (χ2n) is 5.75. The average molecular weight is 313 g/mol. The Bertz CT molecular complexity index is 666. The van der Waals surface area contributed by atoms with E-state index in [1.165, 1.54) is 11.2 Å². The van der Waals surface area contributed by atoms with Gasteiger partial charge in [0.15, 0.2) is 5.76 Å². The number of nitrogens with zero attached hydrogens (tertiary/aromatic N) is 3. The molecular formula is C17H19N3O3. The van der Waals surface area contributed by atoms with E-state index in [1.54, 1.807) is 31.6 Å². The number of pyridine rings is 1. The van der Waals surface area contributed by atoms with Gasteiger partial charge in [-0.05, 0) is 42.7 Å². The quantitative estimate of drug-likeness (QED) is 0.817. The monoisotopic (exact) mass is 313 g/mol. The molecule has 1 fully saturated rings. The Morgan fingerprint density at radius 3 is 2.61 bits per heavy atom. The van der Waals surface area contributed by atoms with Crippen molar-refractivity contribution in [3.63, 3.8) is 0 Å². The van der Waals surface area contributed by atoms with Crippen molar-refractivity contribution < 1.29 is 14.0 Å². The van der Waals surface area contributed by atoms with Crippen molar-refractivity contribution >= 4 is 11.8 Å². The van der Waals surface area contributed by atoms with E-state index in [0.29, 0.717) is 6.54 Å². The van der Waals surface area contributed by atoms with E-state index in [9.17, 15) is 9.59 Å². The van der Waals surface area contributed by atoms with E-state index in [1.807, 2.05) is 17.0 Å². The zero-order valence-corrected chi connectivity index (χ0v) is 13.0. The van der Waals surface area contributed by atoms with Crippen LogP contribution in [0.5, 0.6) is 0 Å². The van der Waals surface area contributed by atoms with E-state index >= 15 is 0 Å². The largest absolute Gasteiger partial charge is 0.459 e. The van der Waals surface area contributed by atoms with E-state index < -0.39 is 0 Å². The second kappa shape index (κ2) is 6.64. The highest BCUT2D eigenvalue weighted by Gasteiger charge is 2.33. The molecule has 0 aromatic carbocycles. The maximum absolute atomic E-state index is 12.6. The van der Waals surface area contributed by atoms with Gasteiger partial charge in [-0.3, -0.25) is 14.6 Å². The lowest BCUT2D eigenvalue weighted by atomic mass is 10.2. The van der Waals surface area contributed by atoms with Gasteiger partial charge in [-0.1, -0.05) is 0 Å². The lowest BCUT2D eigenvalue weighted by molar-refractivity contribution is -0.132. The van der Waals surface area contributed by atoms with Crippen LogP contribution in [0.3, 0.4) is 0 Å². The summed E-state index contributed by atoms with van der Waals surface area (Å²) < 4.78 is 5.09. The Morgan fingerprint density at radius 1 is 1.26 bits per heavy atom.